The van der Waals surface area contributed by atoms with Crippen molar-refractivity contribution in [1.82, 2.24) is 0 Å². The Morgan fingerprint density at radius 1 is 0.667 bits per heavy atom. The average Bonchev–Trinajstić information content (AvgIpc) is 3.99. The van der Waals surface area contributed by atoms with Crippen molar-refractivity contribution in [2.45, 2.75) is 122 Å². The lowest BCUT2D eigenvalue weighted by atomic mass is 9.77. The zero-order valence-corrected chi connectivity index (χ0v) is 32.6. The van der Waals surface area contributed by atoms with E-state index in [1.807, 2.05) is 20.8 Å². The van der Waals surface area contributed by atoms with E-state index in [2.05, 4.69) is 4.74 Å². The van der Waals surface area contributed by atoms with Crippen LogP contribution in [-0.4, -0.2) is 109 Å². The molecule has 0 spiro atoms. The van der Waals surface area contributed by atoms with E-state index >= 15 is 0 Å². The number of aliphatic carboxylic acids is 1. The van der Waals surface area contributed by atoms with Gasteiger partial charge in [0.25, 0.3) is 5.97 Å². The first-order valence-electron chi connectivity index (χ1n) is 20.3. The number of carbonyl (C=O) groups excluding carboxylic acids is 3. The molecule has 7 aliphatic rings. The molecular formula is C40H66O14. The predicted octanol–water partition coefficient (Wildman–Crippen LogP) is 4.24. The van der Waals surface area contributed by atoms with Gasteiger partial charge >= 0.3 is 23.9 Å². The molecule has 0 aromatic rings. The molecule has 7 atom stereocenters. The highest BCUT2D eigenvalue weighted by molar-refractivity contribution is 5.92. The van der Waals surface area contributed by atoms with Crippen molar-refractivity contribution in [2.75, 3.05) is 52.9 Å². The van der Waals surface area contributed by atoms with Crippen molar-refractivity contribution in [1.29, 1.82) is 0 Å². The molecule has 14 heteroatoms. The summed E-state index contributed by atoms with van der Waals surface area (Å²) in [5.74, 6) is -1.03. The predicted molar refractivity (Wildman–Crippen MR) is 193 cm³/mol. The first-order chi connectivity index (χ1) is 25.7. The van der Waals surface area contributed by atoms with E-state index in [4.69, 9.17) is 33.9 Å². The van der Waals surface area contributed by atoms with Gasteiger partial charge in [-0.2, -0.15) is 0 Å². The third-order valence-electron chi connectivity index (χ3n) is 12.0. The first kappa shape index (κ1) is 44.5. The monoisotopic (exact) mass is 770 g/mol. The van der Waals surface area contributed by atoms with Crippen LogP contribution < -0.4 is 0 Å². The number of carboxylic acid groups (broad SMARTS) is 1. The Hall–Kier alpha value is -2.20. The highest BCUT2D eigenvalue weighted by Crippen LogP contribution is 2.56. The van der Waals surface area contributed by atoms with Crippen LogP contribution >= 0.6 is 0 Å². The molecule has 1 heterocycles. The maximum absolute atomic E-state index is 11.8. The number of aliphatic hydroxyl groups is 3. The molecule has 7 unspecified atom stereocenters. The summed E-state index contributed by atoms with van der Waals surface area (Å²) in [6, 6.07) is 0. The van der Waals surface area contributed by atoms with E-state index in [9.17, 15) is 29.4 Å². The minimum absolute atomic E-state index is 0.00816. The quantitative estimate of drug-likeness (QED) is 0.0797. The van der Waals surface area contributed by atoms with E-state index in [-0.39, 0.29) is 95.0 Å². The van der Waals surface area contributed by atoms with Crippen molar-refractivity contribution < 1.29 is 68.0 Å². The Kier molecular flexibility index (Phi) is 17.6. The second-order valence-electron chi connectivity index (χ2n) is 17.0. The van der Waals surface area contributed by atoms with Gasteiger partial charge < -0.3 is 48.8 Å². The average molecular weight is 771 g/mol. The molecule has 310 valence electrons. The standard InChI is InChI=1S/C17H30O9.C12H20O2.C7H12.C4H4O3/c18-3-5-23-7-9-25-17(22,26-10-8-24-6-4-19)15-13-2-1-12(11-13)14(15)16(20)21;1-12(2,3)14-11(13)10-7-8-4-5-9(10)6-8;1-2-7-4-3-6(1)5-7;5-3-1-2-4(6)7-3/h12-15,18-19,22H,1-11H2,(H,20,21);8-10H,4-7H2,1-3H3;6-7H,1-5H2;1-2H2. The molecular weight excluding hydrogens is 704 g/mol. The molecule has 0 amide bonds. The number of cyclic esters (lactones) is 2. The van der Waals surface area contributed by atoms with Gasteiger partial charge in [-0.05, 0) is 101 Å². The lowest BCUT2D eigenvalue weighted by molar-refractivity contribution is -0.399. The second kappa shape index (κ2) is 21.4. The fraction of sp³-hybridized carbons (Fsp3) is 0.900. The Morgan fingerprint density at radius 2 is 1.19 bits per heavy atom. The molecule has 6 saturated carbocycles. The lowest BCUT2D eigenvalue weighted by Crippen LogP contribution is -2.52. The van der Waals surface area contributed by atoms with Gasteiger partial charge in [-0.1, -0.05) is 32.1 Å². The molecule has 6 aliphatic carbocycles. The lowest BCUT2D eigenvalue weighted by Gasteiger charge is -2.40. The molecule has 0 aromatic heterocycles. The summed E-state index contributed by atoms with van der Waals surface area (Å²) in [5.41, 5.74) is -0.321. The Balaban J connectivity index is 0.000000189. The summed E-state index contributed by atoms with van der Waals surface area (Å²) in [7, 11) is 0. The molecule has 7 fully saturated rings. The summed E-state index contributed by atoms with van der Waals surface area (Å²) >= 11 is 0. The van der Waals surface area contributed by atoms with E-state index in [0.29, 0.717) is 5.92 Å². The number of fused-ring (bicyclic) bond motifs is 6. The molecule has 7 rings (SSSR count). The van der Waals surface area contributed by atoms with E-state index in [0.717, 1.165) is 31.6 Å². The van der Waals surface area contributed by atoms with Gasteiger partial charge in [-0.15, -0.1) is 0 Å². The molecule has 1 saturated heterocycles. The molecule has 0 aromatic carbocycles. The number of hydrogen-bond donors (Lipinski definition) is 4. The summed E-state index contributed by atoms with van der Waals surface area (Å²) in [6.45, 7) is 6.22. The summed E-state index contributed by atoms with van der Waals surface area (Å²) in [6.07, 6.45) is 15.7. The molecule has 54 heavy (non-hydrogen) atoms. The minimum Gasteiger partial charge on any atom is -0.481 e. The summed E-state index contributed by atoms with van der Waals surface area (Å²) in [5, 5.41) is 38.1. The zero-order valence-electron chi connectivity index (χ0n) is 32.6. The van der Waals surface area contributed by atoms with Gasteiger partial charge in [-0.3, -0.25) is 19.2 Å². The van der Waals surface area contributed by atoms with Gasteiger partial charge in [0.1, 0.15) is 5.60 Å². The van der Waals surface area contributed by atoms with Crippen molar-refractivity contribution in [3.63, 3.8) is 0 Å². The molecule has 4 N–H and O–H groups in total. The zero-order chi connectivity index (χ0) is 39.3. The van der Waals surface area contributed by atoms with Gasteiger partial charge in [0, 0.05) is 0 Å². The number of hydrogen-bond acceptors (Lipinski definition) is 13. The highest BCUT2D eigenvalue weighted by atomic mass is 16.8. The van der Waals surface area contributed by atoms with Crippen LogP contribution in [0.15, 0.2) is 0 Å². The Labute approximate surface area is 319 Å². The minimum atomic E-state index is -2.03. The van der Waals surface area contributed by atoms with Gasteiger partial charge in [0.05, 0.1) is 83.5 Å². The molecule has 0 radical (unpaired) electrons. The number of carbonyl (C=O) groups is 4. The Morgan fingerprint density at radius 3 is 1.57 bits per heavy atom. The maximum Gasteiger partial charge on any atom is 0.314 e. The van der Waals surface area contributed by atoms with Crippen molar-refractivity contribution >= 4 is 23.9 Å². The van der Waals surface area contributed by atoms with Crippen LogP contribution in [0, 0.1) is 53.3 Å². The van der Waals surface area contributed by atoms with E-state index in [1.54, 1.807) is 32.1 Å². The van der Waals surface area contributed by atoms with Crippen LogP contribution in [0.2, 0.25) is 0 Å². The summed E-state index contributed by atoms with van der Waals surface area (Å²) < 4.78 is 30.9. The van der Waals surface area contributed by atoms with Crippen LogP contribution in [0.25, 0.3) is 0 Å². The van der Waals surface area contributed by atoms with Crippen molar-refractivity contribution in [2.24, 2.45) is 53.3 Å². The topological polar surface area (TPSA) is 205 Å². The van der Waals surface area contributed by atoms with Crippen LogP contribution in [0.4, 0.5) is 0 Å². The third kappa shape index (κ3) is 13.5. The van der Waals surface area contributed by atoms with Gasteiger partial charge in [-0.25, -0.2) is 0 Å². The van der Waals surface area contributed by atoms with Gasteiger partial charge in [0.15, 0.2) is 0 Å². The number of esters is 3. The largest absolute Gasteiger partial charge is 0.481 e. The van der Waals surface area contributed by atoms with Crippen LogP contribution in [0.5, 0.6) is 0 Å². The maximum atomic E-state index is 11.8. The number of rotatable bonds is 15. The Bertz CT molecular complexity index is 1160. The molecule has 6 bridgehead atoms. The smallest absolute Gasteiger partial charge is 0.314 e. The van der Waals surface area contributed by atoms with E-state index in [1.165, 1.54) is 31.1 Å². The van der Waals surface area contributed by atoms with Crippen LogP contribution in [0.1, 0.15) is 111 Å². The van der Waals surface area contributed by atoms with Crippen molar-refractivity contribution in [3.05, 3.63) is 0 Å². The van der Waals surface area contributed by atoms with Crippen molar-refractivity contribution in [3.8, 4) is 0 Å². The van der Waals surface area contributed by atoms with Crippen LogP contribution in [-0.2, 0) is 47.6 Å². The number of ether oxygens (including phenoxy) is 6. The third-order valence-corrected chi connectivity index (χ3v) is 12.0. The fourth-order valence-corrected chi connectivity index (χ4v) is 9.75. The number of carboxylic acids is 1. The SMILES string of the molecule is C1CC2CCC1C2.CC(C)(C)OC(=O)C1CC2CCC1C2.O=C(O)C1C2CCC(C2)C1C(O)(OCCOCCO)OCCOCCO.O=C1CCC(=O)O1. The normalized spacial score (nSPS) is 31.6. The highest BCUT2D eigenvalue weighted by Gasteiger charge is 2.60. The molecule has 1 aliphatic heterocycles. The fourth-order valence-electron chi connectivity index (χ4n) is 9.75. The number of aliphatic hydroxyl groups excluding tert-OH is 2. The summed E-state index contributed by atoms with van der Waals surface area (Å²) in [4.78, 5) is 43.6. The second-order valence-corrected chi connectivity index (χ2v) is 17.0. The van der Waals surface area contributed by atoms with E-state index < -0.39 is 35.7 Å². The molecule has 14 nitrogen and oxygen atoms in total. The van der Waals surface area contributed by atoms with Crippen LogP contribution in [0.3, 0.4) is 0 Å². The van der Waals surface area contributed by atoms with Gasteiger partial charge in [0.2, 0.25) is 0 Å². The first-order valence-corrected chi connectivity index (χ1v) is 20.3.